The molecule has 4 nitrogen and oxygen atoms in total. The molecule has 0 fully saturated rings. The average Bonchev–Trinajstić information content (AvgIpc) is 3.00. The maximum atomic E-state index is 5.69. The van der Waals surface area contributed by atoms with Gasteiger partial charge in [-0.05, 0) is 36.2 Å². The van der Waals surface area contributed by atoms with Crippen molar-refractivity contribution < 1.29 is 13.9 Å². The third-order valence-electron chi connectivity index (χ3n) is 2.99. The Labute approximate surface area is 133 Å². The number of halogens is 1. The van der Waals surface area contributed by atoms with Crippen molar-refractivity contribution in [3.05, 3.63) is 46.3 Å². The van der Waals surface area contributed by atoms with Crippen molar-refractivity contribution in [2.45, 2.75) is 26.4 Å². The Kier molecular flexibility index (Phi) is 6.14. The Morgan fingerprint density at radius 1 is 1.24 bits per heavy atom. The fourth-order valence-corrected chi connectivity index (χ4v) is 2.39. The highest BCUT2D eigenvalue weighted by Gasteiger charge is 2.10. The van der Waals surface area contributed by atoms with Gasteiger partial charge < -0.3 is 19.2 Å². The predicted octanol–water partition coefficient (Wildman–Crippen LogP) is 4.13. The first-order chi connectivity index (χ1) is 10.2. The molecule has 1 N–H and O–H groups in total. The fourth-order valence-electron chi connectivity index (χ4n) is 1.93. The number of benzene rings is 1. The van der Waals surface area contributed by atoms with Gasteiger partial charge in [0.25, 0.3) is 0 Å². The molecule has 1 aromatic heterocycles. The molecular weight excluding hydrogens is 334 g/mol. The summed E-state index contributed by atoms with van der Waals surface area (Å²) >= 11 is 3.58. The molecule has 1 heterocycles. The summed E-state index contributed by atoms with van der Waals surface area (Å²) in [5, 5.41) is 3.34. The van der Waals surface area contributed by atoms with Crippen LogP contribution in [-0.2, 0) is 13.1 Å². The number of furan rings is 1. The van der Waals surface area contributed by atoms with Gasteiger partial charge in [-0.15, -0.1) is 0 Å². The van der Waals surface area contributed by atoms with Gasteiger partial charge in [0, 0.05) is 11.0 Å². The van der Waals surface area contributed by atoms with Gasteiger partial charge in [0.1, 0.15) is 5.76 Å². The monoisotopic (exact) mass is 353 g/mol. The van der Waals surface area contributed by atoms with E-state index in [0.717, 1.165) is 33.7 Å². The molecule has 0 aliphatic heterocycles. The topological polar surface area (TPSA) is 43.6 Å². The zero-order chi connectivity index (χ0) is 15.1. The van der Waals surface area contributed by atoms with Gasteiger partial charge in [0.05, 0.1) is 26.5 Å². The number of nitrogens with one attached hydrogen (secondary N) is 1. The van der Waals surface area contributed by atoms with Crippen LogP contribution in [-0.4, -0.2) is 13.7 Å². The van der Waals surface area contributed by atoms with Crippen molar-refractivity contribution >= 4 is 15.9 Å². The van der Waals surface area contributed by atoms with E-state index in [1.807, 2.05) is 24.3 Å². The van der Waals surface area contributed by atoms with Crippen LogP contribution < -0.4 is 14.8 Å². The Hall–Kier alpha value is -1.46. The molecule has 0 saturated heterocycles. The maximum Gasteiger partial charge on any atom is 0.162 e. The summed E-state index contributed by atoms with van der Waals surface area (Å²) in [5.74, 6) is 2.43. The zero-order valence-electron chi connectivity index (χ0n) is 12.3. The molecule has 0 spiro atoms. The van der Waals surface area contributed by atoms with Gasteiger partial charge in [0.15, 0.2) is 11.5 Å². The van der Waals surface area contributed by atoms with Crippen LogP contribution >= 0.6 is 15.9 Å². The molecule has 0 saturated carbocycles. The van der Waals surface area contributed by atoms with Gasteiger partial charge in [-0.2, -0.15) is 0 Å². The van der Waals surface area contributed by atoms with Crippen LogP contribution in [0.4, 0.5) is 0 Å². The van der Waals surface area contributed by atoms with E-state index in [1.165, 1.54) is 0 Å². The maximum absolute atomic E-state index is 5.69. The highest BCUT2D eigenvalue weighted by molar-refractivity contribution is 9.10. The van der Waals surface area contributed by atoms with E-state index in [0.29, 0.717) is 19.7 Å². The number of rotatable bonds is 8. The third kappa shape index (κ3) is 4.51. The van der Waals surface area contributed by atoms with E-state index in [2.05, 4.69) is 28.2 Å². The smallest absolute Gasteiger partial charge is 0.162 e. The van der Waals surface area contributed by atoms with Crippen molar-refractivity contribution in [1.82, 2.24) is 5.32 Å². The Morgan fingerprint density at radius 3 is 2.76 bits per heavy atom. The van der Waals surface area contributed by atoms with Crippen molar-refractivity contribution in [3.63, 3.8) is 0 Å². The van der Waals surface area contributed by atoms with Crippen LogP contribution in [0, 0.1) is 0 Å². The minimum absolute atomic E-state index is 0.679. The predicted molar refractivity (Wildman–Crippen MR) is 85.7 cm³/mol. The second kappa shape index (κ2) is 8.10. The van der Waals surface area contributed by atoms with Gasteiger partial charge in [-0.1, -0.05) is 22.9 Å². The molecule has 0 radical (unpaired) electrons. The molecule has 0 aliphatic carbocycles. The summed E-state index contributed by atoms with van der Waals surface area (Å²) in [6.07, 6.45) is 2.64. The van der Waals surface area contributed by atoms with Crippen LogP contribution in [0.2, 0.25) is 0 Å². The summed E-state index contributed by atoms with van der Waals surface area (Å²) in [6.45, 7) is 4.16. The van der Waals surface area contributed by atoms with Crippen LogP contribution in [0.3, 0.4) is 0 Å². The first-order valence-corrected chi connectivity index (χ1v) is 7.76. The van der Waals surface area contributed by atoms with E-state index < -0.39 is 0 Å². The number of methoxy groups -OCH3 is 1. The summed E-state index contributed by atoms with van der Waals surface area (Å²) < 4.78 is 17.4. The van der Waals surface area contributed by atoms with E-state index in [4.69, 9.17) is 13.9 Å². The normalized spacial score (nSPS) is 10.6. The summed E-state index contributed by atoms with van der Waals surface area (Å²) in [7, 11) is 1.65. The molecule has 5 heteroatoms. The lowest BCUT2D eigenvalue weighted by Gasteiger charge is -2.14. The molecule has 1 aromatic carbocycles. The van der Waals surface area contributed by atoms with E-state index in [1.54, 1.807) is 13.4 Å². The van der Waals surface area contributed by atoms with Crippen molar-refractivity contribution in [2.75, 3.05) is 13.7 Å². The SMILES string of the molecule is CCCOc1cc(Br)c(CNCc2ccco2)cc1OC. The van der Waals surface area contributed by atoms with Crippen LogP contribution in [0.15, 0.2) is 39.4 Å². The summed E-state index contributed by atoms with van der Waals surface area (Å²) in [4.78, 5) is 0. The summed E-state index contributed by atoms with van der Waals surface area (Å²) in [6, 6.07) is 7.78. The van der Waals surface area contributed by atoms with Crippen molar-refractivity contribution in [1.29, 1.82) is 0 Å². The second-order valence-corrected chi connectivity index (χ2v) is 5.48. The average molecular weight is 354 g/mol. The van der Waals surface area contributed by atoms with E-state index in [9.17, 15) is 0 Å². The lowest BCUT2D eigenvalue weighted by atomic mass is 10.2. The minimum Gasteiger partial charge on any atom is -0.493 e. The third-order valence-corrected chi connectivity index (χ3v) is 3.73. The lowest BCUT2D eigenvalue weighted by Crippen LogP contribution is -2.13. The quantitative estimate of drug-likeness (QED) is 0.774. The van der Waals surface area contributed by atoms with E-state index in [-0.39, 0.29) is 0 Å². The molecule has 0 bridgehead atoms. The highest BCUT2D eigenvalue weighted by Crippen LogP contribution is 2.33. The standard InChI is InChI=1S/C16H20BrNO3/c1-3-6-21-16-9-14(17)12(8-15(16)19-2)10-18-11-13-5-4-7-20-13/h4-5,7-9,18H,3,6,10-11H2,1-2H3. The minimum atomic E-state index is 0.679. The van der Waals surface area contributed by atoms with Crippen molar-refractivity contribution in [3.8, 4) is 11.5 Å². The molecule has 114 valence electrons. The fraction of sp³-hybridized carbons (Fsp3) is 0.375. The van der Waals surface area contributed by atoms with Gasteiger partial charge in [0.2, 0.25) is 0 Å². The Balaban J connectivity index is 2.01. The number of hydrogen-bond donors (Lipinski definition) is 1. The molecular formula is C16H20BrNO3. The second-order valence-electron chi connectivity index (χ2n) is 4.63. The molecule has 0 atom stereocenters. The number of hydrogen-bond acceptors (Lipinski definition) is 4. The molecule has 0 unspecified atom stereocenters. The molecule has 21 heavy (non-hydrogen) atoms. The van der Waals surface area contributed by atoms with Gasteiger partial charge >= 0.3 is 0 Å². The lowest BCUT2D eigenvalue weighted by molar-refractivity contribution is 0.294. The van der Waals surface area contributed by atoms with Gasteiger partial charge in [-0.25, -0.2) is 0 Å². The molecule has 0 aliphatic rings. The first kappa shape index (κ1) is 15.9. The Morgan fingerprint density at radius 2 is 2.10 bits per heavy atom. The van der Waals surface area contributed by atoms with Crippen LogP contribution in [0.25, 0.3) is 0 Å². The molecule has 2 rings (SSSR count). The van der Waals surface area contributed by atoms with Gasteiger partial charge in [-0.3, -0.25) is 0 Å². The van der Waals surface area contributed by atoms with Crippen molar-refractivity contribution in [2.24, 2.45) is 0 Å². The largest absolute Gasteiger partial charge is 0.493 e. The summed E-state index contributed by atoms with van der Waals surface area (Å²) in [5.41, 5.74) is 1.11. The first-order valence-electron chi connectivity index (χ1n) is 6.97. The zero-order valence-corrected chi connectivity index (χ0v) is 13.9. The molecule has 2 aromatic rings. The number of ether oxygens (including phenoxy) is 2. The Bertz CT molecular complexity index is 555. The highest BCUT2D eigenvalue weighted by atomic mass is 79.9. The van der Waals surface area contributed by atoms with E-state index >= 15 is 0 Å². The molecule has 0 amide bonds. The van der Waals surface area contributed by atoms with Crippen LogP contribution in [0.1, 0.15) is 24.7 Å². The van der Waals surface area contributed by atoms with Crippen LogP contribution in [0.5, 0.6) is 11.5 Å².